The molecule has 0 spiro atoms. The van der Waals surface area contributed by atoms with E-state index in [0.29, 0.717) is 21.6 Å². The first-order chi connectivity index (χ1) is 10.0. The number of carbonyl (C=O) groups is 1. The summed E-state index contributed by atoms with van der Waals surface area (Å²) in [6.45, 7) is 0. The van der Waals surface area contributed by atoms with Crippen LogP contribution in [0.4, 0.5) is 5.69 Å². The molecule has 5 nitrogen and oxygen atoms in total. The van der Waals surface area contributed by atoms with Gasteiger partial charge in [-0.15, -0.1) is 0 Å². The van der Waals surface area contributed by atoms with Gasteiger partial charge in [0.1, 0.15) is 5.58 Å². The van der Waals surface area contributed by atoms with Gasteiger partial charge in [0.05, 0.1) is 4.92 Å². The van der Waals surface area contributed by atoms with E-state index in [9.17, 15) is 14.9 Å². The quantitative estimate of drug-likeness (QED) is 0.412. The molecule has 0 atom stereocenters. The fraction of sp³-hybridized carbons (Fsp3) is 0. The summed E-state index contributed by atoms with van der Waals surface area (Å²) in [6, 6.07) is 12.2. The summed E-state index contributed by atoms with van der Waals surface area (Å²) in [5.41, 5.74) is 0.770. The maximum absolute atomic E-state index is 12.3. The Morgan fingerprint density at radius 3 is 2.67 bits per heavy atom. The number of hydrogen-bond acceptors (Lipinski definition) is 4. The second kappa shape index (κ2) is 5.03. The number of hydrogen-bond donors (Lipinski definition) is 0. The van der Waals surface area contributed by atoms with Gasteiger partial charge in [0.15, 0.2) is 5.76 Å². The molecular weight excluding hydrogens is 294 g/mol. The summed E-state index contributed by atoms with van der Waals surface area (Å²) in [7, 11) is 0. The van der Waals surface area contributed by atoms with Crippen molar-refractivity contribution in [1.29, 1.82) is 0 Å². The Kier molecular flexibility index (Phi) is 3.19. The molecule has 3 aromatic rings. The van der Waals surface area contributed by atoms with Gasteiger partial charge in [-0.2, -0.15) is 0 Å². The molecule has 104 valence electrons. The number of ketones is 1. The van der Waals surface area contributed by atoms with E-state index in [1.54, 1.807) is 24.3 Å². The van der Waals surface area contributed by atoms with Crippen LogP contribution in [-0.2, 0) is 0 Å². The van der Waals surface area contributed by atoms with E-state index in [0.717, 1.165) is 0 Å². The third-order valence-electron chi connectivity index (χ3n) is 3.02. The molecule has 3 rings (SSSR count). The van der Waals surface area contributed by atoms with Gasteiger partial charge in [0.25, 0.3) is 5.69 Å². The van der Waals surface area contributed by atoms with Gasteiger partial charge in [-0.1, -0.05) is 23.7 Å². The summed E-state index contributed by atoms with van der Waals surface area (Å²) in [6.07, 6.45) is 0. The zero-order chi connectivity index (χ0) is 15.0. The van der Waals surface area contributed by atoms with Crippen molar-refractivity contribution in [3.05, 3.63) is 75.0 Å². The summed E-state index contributed by atoms with van der Waals surface area (Å²) >= 11 is 5.85. The van der Waals surface area contributed by atoms with Gasteiger partial charge in [0, 0.05) is 28.1 Å². The standard InChI is InChI=1S/C15H8ClNO4/c16-11-3-1-2-9(6-11)15(18)14-8-10-7-12(17(19)20)4-5-13(10)21-14/h1-8H. The van der Waals surface area contributed by atoms with Crippen LogP contribution in [0.15, 0.2) is 52.9 Å². The van der Waals surface area contributed by atoms with Crippen LogP contribution >= 0.6 is 11.6 Å². The second-order valence-electron chi connectivity index (χ2n) is 4.43. The number of nitro groups is 1. The largest absolute Gasteiger partial charge is 0.453 e. The first-order valence-electron chi connectivity index (χ1n) is 6.03. The third kappa shape index (κ3) is 2.51. The van der Waals surface area contributed by atoms with Gasteiger partial charge >= 0.3 is 0 Å². The topological polar surface area (TPSA) is 73.3 Å². The van der Waals surface area contributed by atoms with Gasteiger partial charge in [-0.3, -0.25) is 14.9 Å². The molecule has 0 bridgehead atoms. The van der Waals surface area contributed by atoms with Crippen molar-refractivity contribution in [2.75, 3.05) is 0 Å². The van der Waals surface area contributed by atoms with Crippen LogP contribution in [0.25, 0.3) is 11.0 Å². The van der Waals surface area contributed by atoms with Crippen molar-refractivity contribution < 1.29 is 14.1 Å². The SMILES string of the molecule is O=C(c1cccc(Cl)c1)c1cc2cc([N+](=O)[O-])ccc2o1. The molecule has 0 aliphatic heterocycles. The molecule has 1 heterocycles. The lowest BCUT2D eigenvalue weighted by Gasteiger charge is -1.97. The van der Waals surface area contributed by atoms with E-state index in [2.05, 4.69) is 0 Å². The minimum Gasteiger partial charge on any atom is -0.453 e. The van der Waals surface area contributed by atoms with Gasteiger partial charge < -0.3 is 4.42 Å². The number of non-ortho nitro benzene ring substituents is 1. The van der Waals surface area contributed by atoms with Crippen LogP contribution in [0.2, 0.25) is 5.02 Å². The number of halogens is 1. The molecule has 0 saturated carbocycles. The Bertz CT molecular complexity index is 869. The van der Waals surface area contributed by atoms with Crippen LogP contribution in [0.1, 0.15) is 16.1 Å². The normalized spacial score (nSPS) is 10.7. The van der Waals surface area contributed by atoms with Crippen molar-refractivity contribution in [3.63, 3.8) is 0 Å². The number of rotatable bonds is 3. The smallest absolute Gasteiger partial charge is 0.270 e. The summed E-state index contributed by atoms with van der Waals surface area (Å²) in [5, 5.41) is 11.7. The molecule has 0 aliphatic rings. The molecule has 1 aromatic heterocycles. The lowest BCUT2D eigenvalue weighted by atomic mass is 10.1. The third-order valence-corrected chi connectivity index (χ3v) is 3.26. The molecule has 2 aromatic carbocycles. The van der Waals surface area contributed by atoms with E-state index in [4.69, 9.17) is 16.0 Å². The predicted molar refractivity (Wildman–Crippen MR) is 77.8 cm³/mol. The average molecular weight is 302 g/mol. The highest BCUT2D eigenvalue weighted by Crippen LogP contribution is 2.26. The van der Waals surface area contributed by atoms with Crippen LogP contribution < -0.4 is 0 Å². The Morgan fingerprint density at radius 1 is 1.14 bits per heavy atom. The highest BCUT2D eigenvalue weighted by atomic mass is 35.5. The van der Waals surface area contributed by atoms with Crippen molar-refractivity contribution in [2.24, 2.45) is 0 Å². The fourth-order valence-corrected chi connectivity index (χ4v) is 2.22. The maximum atomic E-state index is 12.3. The highest BCUT2D eigenvalue weighted by molar-refractivity contribution is 6.31. The minimum absolute atomic E-state index is 0.0509. The van der Waals surface area contributed by atoms with E-state index >= 15 is 0 Å². The summed E-state index contributed by atoms with van der Waals surface area (Å²) in [4.78, 5) is 22.5. The molecular formula is C15H8ClNO4. The Morgan fingerprint density at radius 2 is 1.95 bits per heavy atom. The predicted octanol–water partition coefficient (Wildman–Crippen LogP) is 4.23. The first-order valence-corrected chi connectivity index (χ1v) is 6.40. The zero-order valence-electron chi connectivity index (χ0n) is 10.6. The number of nitro benzene ring substituents is 1. The Hall–Kier alpha value is -2.66. The fourth-order valence-electron chi connectivity index (χ4n) is 2.03. The molecule has 0 radical (unpaired) electrons. The maximum Gasteiger partial charge on any atom is 0.270 e. The molecule has 0 aliphatic carbocycles. The van der Waals surface area contributed by atoms with Crippen LogP contribution in [0.5, 0.6) is 0 Å². The van der Waals surface area contributed by atoms with Crippen molar-refractivity contribution in [1.82, 2.24) is 0 Å². The van der Waals surface area contributed by atoms with Crippen LogP contribution in [-0.4, -0.2) is 10.7 Å². The molecule has 6 heteroatoms. The number of fused-ring (bicyclic) bond motifs is 1. The van der Waals surface area contributed by atoms with Crippen LogP contribution in [0.3, 0.4) is 0 Å². The Labute approximate surface area is 123 Å². The number of carbonyl (C=O) groups excluding carboxylic acids is 1. The minimum atomic E-state index is -0.495. The number of nitrogens with zero attached hydrogens (tertiary/aromatic N) is 1. The van der Waals surface area contributed by atoms with E-state index in [1.165, 1.54) is 24.3 Å². The monoisotopic (exact) mass is 301 g/mol. The van der Waals surface area contributed by atoms with E-state index < -0.39 is 4.92 Å². The van der Waals surface area contributed by atoms with Gasteiger partial charge in [-0.05, 0) is 24.3 Å². The number of benzene rings is 2. The molecule has 0 unspecified atom stereocenters. The van der Waals surface area contributed by atoms with Crippen molar-refractivity contribution in [2.45, 2.75) is 0 Å². The van der Waals surface area contributed by atoms with Crippen molar-refractivity contribution in [3.8, 4) is 0 Å². The summed E-state index contributed by atoms with van der Waals surface area (Å²) in [5.74, 6) is -0.205. The van der Waals surface area contributed by atoms with E-state index in [1.807, 2.05) is 0 Å². The molecule has 21 heavy (non-hydrogen) atoms. The van der Waals surface area contributed by atoms with Gasteiger partial charge in [0.2, 0.25) is 5.78 Å². The average Bonchev–Trinajstić information content (AvgIpc) is 2.89. The molecule has 0 fully saturated rings. The van der Waals surface area contributed by atoms with Crippen molar-refractivity contribution >= 4 is 34.0 Å². The highest BCUT2D eigenvalue weighted by Gasteiger charge is 2.16. The lowest BCUT2D eigenvalue weighted by molar-refractivity contribution is -0.384. The van der Waals surface area contributed by atoms with E-state index in [-0.39, 0.29) is 17.2 Å². The number of furan rings is 1. The second-order valence-corrected chi connectivity index (χ2v) is 4.87. The summed E-state index contributed by atoms with van der Waals surface area (Å²) < 4.78 is 5.44. The molecule has 0 N–H and O–H groups in total. The van der Waals surface area contributed by atoms with Gasteiger partial charge in [-0.25, -0.2) is 0 Å². The first kappa shape index (κ1) is 13.3. The Balaban J connectivity index is 2.04. The zero-order valence-corrected chi connectivity index (χ0v) is 11.3. The molecule has 0 saturated heterocycles. The molecule has 0 amide bonds. The van der Waals surface area contributed by atoms with Crippen LogP contribution in [0, 0.1) is 10.1 Å². The lowest BCUT2D eigenvalue weighted by Crippen LogP contribution is -1.98.